The van der Waals surface area contributed by atoms with E-state index in [1.165, 1.54) is 19.4 Å². The van der Waals surface area contributed by atoms with E-state index in [9.17, 15) is 17.6 Å². The first-order chi connectivity index (χ1) is 19.5. The van der Waals surface area contributed by atoms with Gasteiger partial charge in [0, 0.05) is 53.0 Å². The molecule has 9 rings (SSSR count). The number of halogens is 5. The summed E-state index contributed by atoms with van der Waals surface area (Å²) in [6, 6.07) is 7.14. The Bertz CT molecular complexity index is 1650. The molecule has 6 aliphatic rings. The first-order valence-corrected chi connectivity index (χ1v) is 14.4. The highest BCUT2D eigenvalue weighted by atomic mass is 35.5. The number of fused-ring (bicyclic) bond motifs is 3. The van der Waals surface area contributed by atoms with Crippen molar-refractivity contribution in [1.82, 2.24) is 24.6 Å². The van der Waals surface area contributed by atoms with Gasteiger partial charge in [0.15, 0.2) is 17.4 Å². The third kappa shape index (κ3) is 2.92. The second kappa shape index (κ2) is 7.34. The van der Waals surface area contributed by atoms with Gasteiger partial charge in [-0.15, -0.1) is 10.2 Å². The van der Waals surface area contributed by atoms with Crippen molar-refractivity contribution < 1.29 is 22.3 Å². The van der Waals surface area contributed by atoms with Crippen LogP contribution in [0.2, 0.25) is 5.02 Å². The minimum absolute atomic E-state index is 0.135. The normalized spacial score (nSPS) is 32.5. The van der Waals surface area contributed by atoms with Crippen LogP contribution in [0.3, 0.4) is 0 Å². The van der Waals surface area contributed by atoms with Crippen LogP contribution in [0.1, 0.15) is 55.2 Å². The highest BCUT2D eigenvalue weighted by Crippen LogP contribution is 3.00. The van der Waals surface area contributed by atoms with Gasteiger partial charge < -0.3 is 9.64 Å². The molecule has 5 fully saturated rings. The maximum atomic E-state index is 13.9. The fourth-order valence-corrected chi connectivity index (χ4v) is 9.55. The van der Waals surface area contributed by atoms with Crippen molar-refractivity contribution in [1.29, 1.82) is 0 Å². The van der Waals surface area contributed by atoms with Gasteiger partial charge in [0.2, 0.25) is 0 Å². The van der Waals surface area contributed by atoms with E-state index in [-0.39, 0.29) is 24.2 Å². The number of hydrogen-bond acceptors (Lipinski definition) is 6. The van der Waals surface area contributed by atoms with Crippen LogP contribution in [0.15, 0.2) is 30.5 Å². The van der Waals surface area contributed by atoms with Gasteiger partial charge in [-0.2, -0.15) is 13.2 Å². The van der Waals surface area contributed by atoms with Crippen LogP contribution in [0, 0.1) is 22.1 Å². The topological polar surface area (TPSA) is 59.3 Å². The molecule has 4 aliphatic carbocycles. The van der Waals surface area contributed by atoms with Gasteiger partial charge in [-0.25, -0.2) is 9.37 Å². The lowest BCUT2D eigenvalue weighted by Gasteiger charge is -2.59. The quantitative estimate of drug-likeness (QED) is 0.369. The average molecular weight is 587 g/mol. The summed E-state index contributed by atoms with van der Waals surface area (Å²) in [4.78, 5) is 8.60. The van der Waals surface area contributed by atoms with Crippen molar-refractivity contribution in [3.05, 3.63) is 58.5 Å². The lowest BCUT2D eigenvalue weighted by Crippen LogP contribution is -2.62. The van der Waals surface area contributed by atoms with E-state index >= 15 is 0 Å². The van der Waals surface area contributed by atoms with Crippen LogP contribution in [0.25, 0.3) is 5.69 Å². The zero-order valence-corrected chi connectivity index (χ0v) is 23.1. The summed E-state index contributed by atoms with van der Waals surface area (Å²) in [6.07, 6.45) is -0.00748. The molecule has 12 heteroatoms. The van der Waals surface area contributed by atoms with E-state index in [4.69, 9.17) is 16.3 Å². The molecule has 2 aliphatic heterocycles. The monoisotopic (exact) mass is 586 g/mol. The molecule has 214 valence electrons. The first-order valence-electron chi connectivity index (χ1n) is 14.0. The Morgan fingerprint density at radius 3 is 2.56 bits per heavy atom. The van der Waals surface area contributed by atoms with Gasteiger partial charge in [0.05, 0.1) is 31.0 Å². The van der Waals surface area contributed by atoms with E-state index in [2.05, 4.69) is 29.5 Å². The second-order valence-corrected chi connectivity index (χ2v) is 13.7. The summed E-state index contributed by atoms with van der Waals surface area (Å²) in [6.45, 7) is 2.64. The Balaban J connectivity index is 0.982. The molecule has 2 spiro atoms. The van der Waals surface area contributed by atoms with E-state index in [0.29, 0.717) is 36.1 Å². The molecule has 1 saturated heterocycles. The largest absolute Gasteiger partial charge is 0.493 e. The molecule has 3 unspecified atom stereocenters. The van der Waals surface area contributed by atoms with Crippen LogP contribution < -0.4 is 9.64 Å². The Morgan fingerprint density at radius 2 is 1.85 bits per heavy atom. The summed E-state index contributed by atoms with van der Waals surface area (Å²) in [5.74, 6) is 2.55. The molecular formula is C29H27ClF4N6O. The average Bonchev–Trinajstić information content (AvgIpc) is 3.57. The zero-order valence-electron chi connectivity index (χ0n) is 22.3. The Labute approximate surface area is 238 Å². The highest BCUT2D eigenvalue weighted by Gasteiger charge is 3.03. The highest BCUT2D eigenvalue weighted by molar-refractivity contribution is 6.30. The third-order valence-electron chi connectivity index (χ3n) is 11.3. The number of methoxy groups -OCH3 is 1. The van der Waals surface area contributed by atoms with Crippen LogP contribution in [0.5, 0.6) is 5.75 Å². The standard InChI is InChI=1S/C29H27ClF4N6O/c1-41-21-5-19(31)8-35-24(21)38-14-25(15-38)6-17(7-25)23-37-36-22-10-39(9-16-4-18(30)2-3-20(16)40(22)23)28-12-26(28)11-27(26,13-28)29(32,33)34/h2-5,8,17H,6-7,9-15H2,1H3. The van der Waals surface area contributed by atoms with Crippen LogP contribution in [-0.4, -0.2) is 56.6 Å². The van der Waals surface area contributed by atoms with Crippen molar-refractivity contribution in [2.24, 2.45) is 16.2 Å². The van der Waals surface area contributed by atoms with Gasteiger partial charge in [0.25, 0.3) is 0 Å². The van der Waals surface area contributed by atoms with E-state index in [1.54, 1.807) is 0 Å². The van der Waals surface area contributed by atoms with Crippen molar-refractivity contribution in [3.63, 3.8) is 0 Å². The Kier molecular flexibility index (Phi) is 4.42. The SMILES string of the molecule is COc1cc(F)cnc1N1CC2(CC(c3nnc4n3-c3ccc(Cl)cc3CN(C35CC6(C(F)(F)F)CC36C5)C4)C2)C1. The van der Waals surface area contributed by atoms with Crippen molar-refractivity contribution in [3.8, 4) is 11.4 Å². The molecule has 4 saturated carbocycles. The number of hydrogen-bond donors (Lipinski definition) is 0. The molecule has 0 N–H and O–H groups in total. The Morgan fingerprint density at radius 1 is 1.05 bits per heavy atom. The Hall–Kier alpha value is -2.92. The van der Waals surface area contributed by atoms with E-state index in [0.717, 1.165) is 48.8 Å². The number of pyridine rings is 1. The molecule has 0 amide bonds. The van der Waals surface area contributed by atoms with Crippen LogP contribution in [-0.2, 0) is 13.1 Å². The van der Waals surface area contributed by atoms with Gasteiger partial charge >= 0.3 is 6.18 Å². The number of benzene rings is 1. The number of rotatable bonds is 4. The van der Waals surface area contributed by atoms with Crippen LogP contribution in [0.4, 0.5) is 23.4 Å². The van der Waals surface area contributed by atoms with Gasteiger partial charge in [0.1, 0.15) is 11.6 Å². The third-order valence-corrected chi connectivity index (χ3v) is 11.6. The predicted molar refractivity (Wildman–Crippen MR) is 140 cm³/mol. The maximum Gasteiger partial charge on any atom is 0.395 e. The lowest BCUT2D eigenvalue weighted by atomic mass is 9.57. The molecule has 3 aromatic rings. The predicted octanol–water partition coefficient (Wildman–Crippen LogP) is 5.65. The van der Waals surface area contributed by atoms with E-state index in [1.807, 2.05) is 18.2 Å². The molecule has 0 bridgehead atoms. The van der Waals surface area contributed by atoms with Gasteiger partial charge in [-0.05, 0) is 55.9 Å². The maximum absolute atomic E-state index is 13.9. The minimum Gasteiger partial charge on any atom is -0.493 e. The number of ether oxygens (including phenoxy) is 1. The molecule has 1 aromatic carbocycles. The summed E-state index contributed by atoms with van der Waals surface area (Å²) in [5.41, 5.74) is -0.408. The number of alkyl halides is 3. The molecular weight excluding hydrogens is 560 g/mol. The van der Waals surface area contributed by atoms with Crippen molar-refractivity contribution in [2.45, 2.75) is 62.8 Å². The molecule has 3 atom stereocenters. The summed E-state index contributed by atoms with van der Waals surface area (Å²) < 4.78 is 62.7. The number of aromatic nitrogens is 4. The smallest absolute Gasteiger partial charge is 0.395 e. The van der Waals surface area contributed by atoms with E-state index < -0.39 is 28.4 Å². The first kappa shape index (κ1) is 24.7. The van der Waals surface area contributed by atoms with Gasteiger partial charge in [-0.3, -0.25) is 9.47 Å². The fourth-order valence-electron chi connectivity index (χ4n) is 9.36. The lowest BCUT2D eigenvalue weighted by molar-refractivity contribution is -0.220. The number of anilines is 1. The molecule has 4 heterocycles. The molecule has 0 radical (unpaired) electrons. The van der Waals surface area contributed by atoms with Crippen molar-refractivity contribution in [2.75, 3.05) is 25.1 Å². The van der Waals surface area contributed by atoms with Gasteiger partial charge in [-0.1, -0.05) is 11.6 Å². The summed E-state index contributed by atoms with van der Waals surface area (Å²) in [5, 5.41) is 9.88. The number of nitrogens with zero attached hydrogens (tertiary/aromatic N) is 6. The molecule has 7 nitrogen and oxygen atoms in total. The molecule has 2 aromatic heterocycles. The second-order valence-electron chi connectivity index (χ2n) is 13.3. The summed E-state index contributed by atoms with van der Waals surface area (Å²) >= 11 is 6.42. The fraction of sp³-hybridized carbons (Fsp3) is 0.552. The minimum atomic E-state index is -4.14. The van der Waals surface area contributed by atoms with Crippen molar-refractivity contribution >= 4 is 17.4 Å². The van der Waals surface area contributed by atoms with Crippen LogP contribution >= 0.6 is 11.6 Å². The summed E-state index contributed by atoms with van der Waals surface area (Å²) in [7, 11) is 1.52. The zero-order chi connectivity index (χ0) is 28.2. The molecule has 41 heavy (non-hydrogen) atoms.